The van der Waals surface area contributed by atoms with Crippen LogP contribution in [0.3, 0.4) is 0 Å². The standard InChI is InChI=1S/C17H37N/c1-8-10-11-12-17(6,9-2)14-18(7)13-16(5)15(3)4/h15-16H,8-14H2,1-7H3. The normalized spacial score (nSPS) is 17.2. The van der Waals surface area contributed by atoms with Crippen LogP contribution in [0, 0.1) is 17.3 Å². The Morgan fingerprint density at radius 2 is 1.67 bits per heavy atom. The van der Waals surface area contributed by atoms with Crippen LogP contribution in [-0.4, -0.2) is 25.0 Å². The van der Waals surface area contributed by atoms with Gasteiger partial charge in [0.05, 0.1) is 0 Å². The van der Waals surface area contributed by atoms with Gasteiger partial charge in [0.15, 0.2) is 0 Å². The van der Waals surface area contributed by atoms with E-state index in [0.29, 0.717) is 5.41 Å². The van der Waals surface area contributed by atoms with Crippen LogP contribution in [-0.2, 0) is 0 Å². The molecular formula is C17H37N. The number of hydrogen-bond donors (Lipinski definition) is 0. The molecule has 2 unspecified atom stereocenters. The molecule has 0 N–H and O–H groups in total. The third kappa shape index (κ3) is 7.41. The molecule has 0 heterocycles. The van der Waals surface area contributed by atoms with E-state index >= 15 is 0 Å². The highest BCUT2D eigenvalue weighted by atomic mass is 15.1. The maximum absolute atomic E-state index is 2.56. The van der Waals surface area contributed by atoms with Crippen LogP contribution in [0.5, 0.6) is 0 Å². The second-order valence-electron chi connectivity index (χ2n) is 7.04. The van der Waals surface area contributed by atoms with Crippen molar-refractivity contribution in [2.24, 2.45) is 17.3 Å². The first-order valence-electron chi connectivity index (χ1n) is 8.03. The summed E-state index contributed by atoms with van der Waals surface area (Å²) in [6.45, 7) is 16.6. The second-order valence-corrected chi connectivity index (χ2v) is 7.04. The summed E-state index contributed by atoms with van der Waals surface area (Å²) in [5.74, 6) is 1.59. The molecule has 0 aliphatic rings. The van der Waals surface area contributed by atoms with Crippen molar-refractivity contribution in [1.29, 1.82) is 0 Å². The lowest BCUT2D eigenvalue weighted by Crippen LogP contribution is -2.36. The lowest BCUT2D eigenvalue weighted by molar-refractivity contribution is 0.146. The molecule has 2 atom stereocenters. The van der Waals surface area contributed by atoms with Gasteiger partial charge in [-0.15, -0.1) is 0 Å². The highest BCUT2D eigenvalue weighted by Gasteiger charge is 2.24. The van der Waals surface area contributed by atoms with Gasteiger partial charge in [-0.1, -0.05) is 60.8 Å². The summed E-state index contributed by atoms with van der Waals surface area (Å²) in [6, 6.07) is 0. The van der Waals surface area contributed by atoms with Gasteiger partial charge < -0.3 is 4.90 Å². The van der Waals surface area contributed by atoms with Gasteiger partial charge in [-0.3, -0.25) is 0 Å². The molecule has 0 aliphatic carbocycles. The van der Waals surface area contributed by atoms with Crippen molar-refractivity contribution < 1.29 is 0 Å². The molecule has 0 bridgehead atoms. The highest BCUT2D eigenvalue weighted by Crippen LogP contribution is 2.29. The van der Waals surface area contributed by atoms with Gasteiger partial charge in [-0.25, -0.2) is 0 Å². The molecule has 0 aromatic rings. The zero-order valence-electron chi connectivity index (χ0n) is 14.1. The fourth-order valence-corrected chi connectivity index (χ4v) is 2.59. The van der Waals surface area contributed by atoms with Crippen LogP contribution in [0.25, 0.3) is 0 Å². The minimum Gasteiger partial charge on any atom is -0.306 e. The van der Waals surface area contributed by atoms with Gasteiger partial charge in [-0.2, -0.15) is 0 Å². The van der Waals surface area contributed by atoms with E-state index in [-0.39, 0.29) is 0 Å². The zero-order chi connectivity index (χ0) is 14.2. The van der Waals surface area contributed by atoms with Crippen molar-refractivity contribution in [3.8, 4) is 0 Å². The lowest BCUT2D eigenvalue weighted by Gasteiger charge is -2.35. The smallest absolute Gasteiger partial charge is 0.00323 e. The molecule has 0 radical (unpaired) electrons. The van der Waals surface area contributed by atoms with Gasteiger partial charge in [0.2, 0.25) is 0 Å². The Hall–Kier alpha value is -0.0400. The first kappa shape index (κ1) is 18.0. The molecule has 18 heavy (non-hydrogen) atoms. The molecule has 0 saturated heterocycles. The third-order valence-electron chi connectivity index (χ3n) is 4.63. The van der Waals surface area contributed by atoms with E-state index in [1.807, 2.05) is 0 Å². The monoisotopic (exact) mass is 255 g/mol. The Bertz CT molecular complexity index is 200. The largest absolute Gasteiger partial charge is 0.306 e. The Balaban J connectivity index is 4.16. The maximum atomic E-state index is 2.56. The van der Waals surface area contributed by atoms with Gasteiger partial charge in [-0.05, 0) is 37.1 Å². The molecule has 0 aromatic heterocycles. The number of hydrogen-bond acceptors (Lipinski definition) is 1. The first-order valence-corrected chi connectivity index (χ1v) is 8.03. The molecule has 0 rings (SSSR count). The van der Waals surface area contributed by atoms with Crippen molar-refractivity contribution in [1.82, 2.24) is 4.90 Å². The van der Waals surface area contributed by atoms with Crippen LogP contribution in [0.4, 0.5) is 0 Å². The van der Waals surface area contributed by atoms with Gasteiger partial charge in [0, 0.05) is 13.1 Å². The Labute approximate surface area is 116 Å². The maximum Gasteiger partial charge on any atom is 0.00323 e. The van der Waals surface area contributed by atoms with Crippen LogP contribution in [0.1, 0.15) is 73.6 Å². The van der Waals surface area contributed by atoms with Crippen LogP contribution in [0.15, 0.2) is 0 Å². The molecule has 0 fully saturated rings. The Morgan fingerprint density at radius 1 is 1.06 bits per heavy atom. The molecule has 0 spiro atoms. The average molecular weight is 255 g/mol. The fraction of sp³-hybridized carbons (Fsp3) is 1.00. The second kappa shape index (κ2) is 8.96. The minimum absolute atomic E-state index is 0.515. The average Bonchev–Trinajstić information content (AvgIpc) is 2.28. The fourth-order valence-electron chi connectivity index (χ4n) is 2.59. The van der Waals surface area contributed by atoms with Crippen molar-refractivity contribution >= 4 is 0 Å². The van der Waals surface area contributed by atoms with Crippen LogP contribution < -0.4 is 0 Å². The van der Waals surface area contributed by atoms with E-state index in [4.69, 9.17) is 0 Å². The summed E-state index contributed by atoms with van der Waals surface area (Å²) in [5, 5.41) is 0. The van der Waals surface area contributed by atoms with Crippen molar-refractivity contribution in [3.05, 3.63) is 0 Å². The highest BCUT2D eigenvalue weighted by molar-refractivity contribution is 4.77. The Morgan fingerprint density at radius 3 is 2.11 bits per heavy atom. The molecule has 0 aliphatic heterocycles. The summed E-state index contributed by atoms with van der Waals surface area (Å²) < 4.78 is 0. The van der Waals surface area contributed by atoms with E-state index in [0.717, 1.165) is 11.8 Å². The number of rotatable bonds is 10. The summed E-state index contributed by atoms with van der Waals surface area (Å²) in [6.07, 6.45) is 6.81. The summed E-state index contributed by atoms with van der Waals surface area (Å²) in [5.41, 5.74) is 0.515. The molecule has 0 aromatic carbocycles. The predicted octanol–water partition coefficient (Wildman–Crippen LogP) is 5.21. The Kier molecular flexibility index (Phi) is 8.94. The quantitative estimate of drug-likeness (QED) is 0.485. The van der Waals surface area contributed by atoms with E-state index in [9.17, 15) is 0 Å². The SMILES string of the molecule is CCCCCC(C)(CC)CN(C)CC(C)C(C)C. The molecule has 0 amide bonds. The van der Waals surface area contributed by atoms with E-state index in [1.165, 1.54) is 45.2 Å². The summed E-state index contributed by atoms with van der Waals surface area (Å²) >= 11 is 0. The zero-order valence-corrected chi connectivity index (χ0v) is 14.1. The number of nitrogens with zero attached hydrogens (tertiary/aromatic N) is 1. The topological polar surface area (TPSA) is 3.24 Å². The van der Waals surface area contributed by atoms with E-state index in [2.05, 4.69) is 53.5 Å². The van der Waals surface area contributed by atoms with Crippen molar-refractivity contribution in [2.45, 2.75) is 73.6 Å². The molecular weight excluding hydrogens is 218 g/mol. The molecule has 110 valence electrons. The number of unbranched alkanes of at least 4 members (excludes halogenated alkanes) is 2. The summed E-state index contributed by atoms with van der Waals surface area (Å²) in [7, 11) is 2.30. The van der Waals surface area contributed by atoms with Crippen LogP contribution in [0.2, 0.25) is 0 Å². The van der Waals surface area contributed by atoms with Crippen molar-refractivity contribution in [3.63, 3.8) is 0 Å². The predicted molar refractivity (Wildman–Crippen MR) is 84.0 cm³/mol. The first-order chi connectivity index (χ1) is 8.34. The third-order valence-corrected chi connectivity index (χ3v) is 4.63. The molecule has 0 saturated carbocycles. The van der Waals surface area contributed by atoms with E-state index in [1.54, 1.807) is 0 Å². The lowest BCUT2D eigenvalue weighted by atomic mass is 9.81. The summed E-state index contributed by atoms with van der Waals surface area (Å²) in [4.78, 5) is 2.56. The van der Waals surface area contributed by atoms with Crippen molar-refractivity contribution in [2.75, 3.05) is 20.1 Å². The van der Waals surface area contributed by atoms with Gasteiger partial charge in [0.25, 0.3) is 0 Å². The van der Waals surface area contributed by atoms with Crippen LogP contribution >= 0.6 is 0 Å². The minimum atomic E-state index is 0.515. The van der Waals surface area contributed by atoms with Gasteiger partial charge in [0.1, 0.15) is 0 Å². The molecule has 1 heteroatoms. The van der Waals surface area contributed by atoms with E-state index < -0.39 is 0 Å². The molecule has 1 nitrogen and oxygen atoms in total. The van der Waals surface area contributed by atoms with Gasteiger partial charge >= 0.3 is 0 Å².